The first kappa shape index (κ1) is 27.7. The standard InChI is InChI=1S/C27H29N7O6/c1-4-38-24(35)17-40-22-12-7-18(14-23(22)37-3)15-29-34-27-32-25(28-16-21-6-5-13-39-21)31-26(33-27)30-19-8-10-20(36-2)11-9-19/h5-15H,4,16-17H2,1-3H3,(H3,28,30,31,32,33,34)/b29-15-. The Labute approximate surface area is 230 Å². The van der Waals surface area contributed by atoms with Crippen molar-refractivity contribution in [2.45, 2.75) is 13.5 Å². The lowest BCUT2D eigenvalue weighted by atomic mass is 10.2. The van der Waals surface area contributed by atoms with Crippen LogP contribution in [0.2, 0.25) is 0 Å². The van der Waals surface area contributed by atoms with Crippen LogP contribution in [0.1, 0.15) is 18.2 Å². The monoisotopic (exact) mass is 547 g/mol. The molecule has 2 aromatic carbocycles. The van der Waals surface area contributed by atoms with Crippen LogP contribution in [0, 0.1) is 0 Å². The number of hydrazone groups is 1. The van der Waals surface area contributed by atoms with Crippen molar-refractivity contribution in [1.82, 2.24) is 15.0 Å². The second-order valence-corrected chi connectivity index (χ2v) is 7.97. The van der Waals surface area contributed by atoms with Gasteiger partial charge in [-0.25, -0.2) is 10.2 Å². The zero-order valence-corrected chi connectivity index (χ0v) is 22.2. The highest BCUT2D eigenvalue weighted by Crippen LogP contribution is 2.27. The number of benzene rings is 2. The number of anilines is 4. The number of furan rings is 1. The Kier molecular flexibility index (Phi) is 9.69. The molecule has 2 aromatic heterocycles. The normalized spacial score (nSPS) is 10.7. The summed E-state index contributed by atoms with van der Waals surface area (Å²) in [7, 11) is 3.11. The first-order valence-electron chi connectivity index (χ1n) is 12.2. The Hall–Kier alpha value is -5.33. The quantitative estimate of drug-likeness (QED) is 0.118. The molecular formula is C27H29N7O6. The molecule has 208 valence electrons. The number of nitrogens with one attached hydrogen (secondary N) is 3. The number of methoxy groups -OCH3 is 2. The van der Waals surface area contributed by atoms with Gasteiger partial charge in [0.15, 0.2) is 18.1 Å². The first-order chi connectivity index (χ1) is 19.6. The number of esters is 1. The molecule has 0 aliphatic heterocycles. The Balaban J connectivity index is 1.47. The average Bonchev–Trinajstić information content (AvgIpc) is 3.50. The molecule has 3 N–H and O–H groups in total. The zero-order chi connectivity index (χ0) is 28.2. The van der Waals surface area contributed by atoms with E-state index in [0.717, 1.165) is 17.2 Å². The van der Waals surface area contributed by atoms with Gasteiger partial charge in [-0.15, -0.1) is 0 Å². The van der Waals surface area contributed by atoms with Gasteiger partial charge in [0.05, 0.1) is 39.8 Å². The number of carbonyl (C=O) groups is 1. The number of carbonyl (C=O) groups excluding carboxylic acids is 1. The minimum absolute atomic E-state index is 0.200. The van der Waals surface area contributed by atoms with E-state index in [1.807, 2.05) is 30.3 Å². The number of aromatic nitrogens is 3. The summed E-state index contributed by atoms with van der Waals surface area (Å²) in [5.41, 5.74) is 4.29. The topological polar surface area (TPSA) is 154 Å². The molecule has 0 bridgehead atoms. The largest absolute Gasteiger partial charge is 0.497 e. The molecule has 0 aliphatic rings. The van der Waals surface area contributed by atoms with Crippen LogP contribution in [-0.2, 0) is 16.1 Å². The molecule has 0 amide bonds. The van der Waals surface area contributed by atoms with Crippen molar-refractivity contribution in [3.8, 4) is 17.2 Å². The Morgan fingerprint density at radius 1 is 0.975 bits per heavy atom. The maximum atomic E-state index is 11.6. The lowest BCUT2D eigenvalue weighted by Gasteiger charge is -2.11. The summed E-state index contributed by atoms with van der Waals surface area (Å²) >= 11 is 0. The van der Waals surface area contributed by atoms with Crippen LogP contribution in [0.25, 0.3) is 0 Å². The van der Waals surface area contributed by atoms with E-state index in [-0.39, 0.29) is 19.2 Å². The maximum absolute atomic E-state index is 11.6. The Morgan fingerprint density at radius 3 is 2.50 bits per heavy atom. The molecule has 0 fully saturated rings. The van der Waals surface area contributed by atoms with Crippen molar-refractivity contribution in [3.05, 3.63) is 72.2 Å². The maximum Gasteiger partial charge on any atom is 0.344 e. The lowest BCUT2D eigenvalue weighted by Crippen LogP contribution is -2.14. The summed E-state index contributed by atoms with van der Waals surface area (Å²) in [6.45, 7) is 2.17. The van der Waals surface area contributed by atoms with Gasteiger partial charge in [-0.05, 0) is 67.1 Å². The van der Waals surface area contributed by atoms with Crippen LogP contribution >= 0.6 is 0 Å². The molecule has 4 rings (SSSR count). The fraction of sp³-hybridized carbons (Fsp3) is 0.222. The van der Waals surface area contributed by atoms with Gasteiger partial charge in [0.2, 0.25) is 17.8 Å². The third kappa shape index (κ3) is 8.08. The highest BCUT2D eigenvalue weighted by molar-refractivity contribution is 5.81. The predicted octanol–water partition coefficient (Wildman–Crippen LogP) is 4.23. The second-order valence-electron chi connectivity index (χ2n) is 7.97. The van der Waals surface area contributed by atoms with E-state index in [9.17, 15) is 4.79 Å². The van der Waals surface area contributed by atoms with Crippen molar-refractivity contribution in [1.29, 1.82) is 0 Å². The van der Waals surface area contributed by atoms with Crippen LogP contribution in [-0.4, -0.2) is 54.6 Å². The Morgan fingerprint density at radius 2 is 1.77 bits per heavy atom. The molecule has 13 heteroatoms. The van der Waals surface area contributed by atoms with Crippen LogP contribution in [0.4, 0.5) is 23.5 Å². The van der Waals surface area contributed by atoms with E-state index in [1.165, 1.54) is 7.11 Å². The average molecular weight is 548 g/mol. The number of rotatable bonds is 14. The molecule has 40 heavy (non-hydrogen) atoms. The van der Waals surface area contributed by atoms with E-state index in [1.54, 1.807) is 50.8 Å². The minimum atomic E-state index is -0.462. The molecule has 0 saturated carbocycles. The number of ether oxygens (including phenoxy) is 4. The number of hydrogen-bond donors (Lipinski definition) is 3. The summed E-state index contributed by atoms with van der Waals surface area (Å²) in [5, 5.41) is 10.5. The number of nitrogens with zero attached hydrogens (tertiary/aromatic N) is 4. The third-order valence-electron chi connectivity index (χ3n) is 5.20. The van der Waals surface area contributed by atoms with Gasteiger partial charge in [0.1, 0.15) is 11.5 Å². The summed E-state index contributed by atoms with van der Waals surface area (Å²) < 4.78 is 26.3. The zero-order valence-electron chi connectivity index (χ0n) is 22.2. The molecule has 0 aliphatic carbocycles. The van der Waals surface area contributed by atoms with Gasteiger partial charge in [-0.1, -0.05) is 0 Å². The predicted molar refractivity (Wildman–Crippen MR) is 148 cm³/mol. The second kappa shape index (κ2) is 14.0. The van der Waals surface area contributed by atoms with E-state index in [0.29, 0.717) is 35.5 Å². The summed E-state index contributed by atoms with van der Waals surface area (Å²) in [6.07, 6.45) is 3.16. The van der Waals surface area contributed by atoms with Crippen LogP contribution in [0.5, 0.6) is 17.2 Å². The molecule has 0 radical (unpaired) electrons. The molecular weight excluding hydrogens is 518 g/mol. The SMILES string of the molecule is CCOC(=O)COc1ccc(/C=N\Nc2nc(NCc3ccco3)nc(Nc3ccc(OC)cc3)n2)cc1OC. The van der Waals surface area contributed by atoms with Gasteiger partial charge >= 0.3 is 5.97 Å². The van der Waals surface area contributed by atoms with Gasteiger partial charge in [-0.3, -0.25) is 0 Å². The van der Waals surface area contributed by atoms with Gasteiger partial charge in [0, 0.05) is 5.69 Å². The highest BCUT2D eigenvalue weighted by atomic mass is 16.6. The van der Waals surface area contributed by atoms with Crippen LogP contribution in [0.3, 0.4) is 0 Å². The first-order valence-corrected chi connectivity index (χ1v) is 12.2. The van der Waals surface area contributed by atoms with Crippen molar-refractivity contribution in [2.75, 3.05) is 43.5 Å². The smallest absolute Gasteiger partial charge is 0.344 e. The summed E-state index contributed by atoms with van der Waals surface area (Å²) in [5.74, 6) is 2.63. The van der Waals surface area contributed by atoms with E-state index in [4.69, 9.17) is 23.4 Å². The van der Waals surface area contributed by atoms with E-state index < -0.39 is 5.97 Å². The van der Waals surface area contributed by atoms with Gasteiger partial charge in [0.25, 0.3) is 0 Å². The van der Waals surface area contributed by atoms with Crippen molar-refractivity contribution in [3.63, 3.8) is 0 Å². The van der Waals surface area contributed by atoms with Gasteiger partial charge in [-0.2, -0.15) is 20.1 Å². The van der Waals surface area contributed by atoms with Crippen molar-refractivity contribution in [2.24, 2.45) is 5.10 Å². The van der Waals surface area contributed by atoms with Crippen molar-refractivity contribution < 1.29 is 28.2 Å². The number of hydrogen-bond acceptors (Lipinski definition) is 13. The summed E-state index contributed by atoms with van der Waals surface area (Å²) in [6, 6.07) is 16.1. The highest BCUT2D eigenvalue weighted by Gasteiger charge is 2.10. The van der Waals surface area contributed by atoms with E-state index >= 15 is 0 Å². The lowest BCUT2D eigenvalue weighted by molar-refractivity contribution is -0.145. The fourth-order valence-electron chi connectivity index (χ4n) is 3.33. The molecule has 0 atom stereocenters. The van der Waals surface area contributed by atoms with Crippen molar-refractivity contribution >= 4 is 35.7 Å². The Bertz CT molecular complexity index is 1410. The summed E-state index contributed by atoms with van der Waals surface area (Å²) in [4.78, 5) is 24.8. The molecule has 4 aromatic rings. The molecule has 0 saturated heterocycles. The van der Waals surface area contributed by atoms with Gasteiger partial charge < -0.3 is 34.0 Å². The van der Waals surface area contributed by atoms with Crippen LogP contribution < -0.4 is 30.3 Å². The fourth-order valence-corrected chi connectivity index (χ4v) is 3.33. The van der Waals surface area contributed by atoms with E-state index in [2.05, 4.69) is 36.1 Å². The van der Waals surface area contributed by atoms with Crippen LogP contribution in [0.15, 0.2) is 70.4 Å². The molecule has 0 spiro atoms. The molecule has 0 unspecified atom stereocenters. The third-order valence-corrected chi connectivity index (χ3v) is 5.20. The minimum Gasteiger partial charge on any atom is -0.497 e. The molecule has 13 nitrogen and oxygen atoms in total. The molecule has 2 heterocycles.